The van der Waals surface area contributed by atoms with Gasteiger partial charge >= 0.3 is 5.97 Å². The van der Waals surface area contributed by atoms with Crippen molar-refractivity contribution in [1.29, 1.82) is 5.26 Å². The molecule has 0 bridgehead atoms. The average molecular weight is 269 g/mol. The molecule has 2 N–H and O–H groups in total. The number of methoxy groups -OCH3 is 1. The molecule has 0 aromatic heterocycles. The van der Waals surface area contributed by atoms with E-state index in [9.17, 15) is 4.79 Å². The second-order valence-electron chi connectivity index (χ2n) is 3.59. The van der Waals surface area contributed by atoms with E-state index in [2.05, 4.69) is 5.32 Å². The number of carbonyl (C=O) groups is 1. The molecule has 0 aliphatic carbocycles. The predicted molar refractivity (Wildman–Crippen MR) is 67.7 cm³/mol. The van der Waals surface area contributed by atoms with E-state index in [0.717, 1.165) is 0 Å². The number of ether oxygens (including phenoxy) is 1. The number of nitriles is 1. The highest BCUT2D eigenvalue weighted by Crippen LogP contribution is 2.24. The van der Waals surface area contributed by atoms with Crippen LogP contribution < -0.4 is 5.32 Å². The zero-order valence-corrected chi connectivity index (χ0v) is 10.6. The molecule has 1 unspecified atom stereocenters. The van der Waals surface area contributed by atoms with E-state index >= 15 is 0 Å². The minimum Gasteiger partial charge on any atom is -0.480 e. The van der Waals surface area contributed by atoms with Crippen LogP contribution >= 0.6 is 11.6 Å². The van der Waals surface area contributed by atoms with Gasteiger partial charge in [0, 0.05) is 20.1 Å². The van der Waals surface area contributed by atoms with E-state index < -0.39 is 12.0 Å². The normalized spacial score (nSPS) is 11.6. The van der Waals surface area contributed by atoms with Gasteiger partial charge in [0.2, 0.25) is 0 Å². The molecule has 1 aromatic rings. The highest BCUT2D eigenvalue weighted by molar-refractivity contribution is 6.32. The Morgan fingerprint density at radius 3 is 2.94 bits per heavy atom. The number of aliphatic carboxylic acids is 1. The van der Waals surface area contributed by atoms with Crippen LogP contribution in [0.1, 0.15) is 12.0 Å². The lowest BCUT2D eigenvalue weighted by atomic mass is 10.1. The van der Waals surface area contributed by atoms with Crippen LogP contribution in [0.5, 0.6) is 0 Å². The first-order valence-corrected chi connectivity index (χ1v) is 5.64. The summed E-state index contributed by atoms with van der Waals surface area (Å²) >= 11 is 5.86. The van der Waals surface area contributed by atoms with Crippen LogP contribution in [-0.2, 0) is 9.53 Å². The summed E-state index contributed by atoms with van der Waals surface area (Å²) in [5, 5.41) is 21.1. The van der Waals surface area contributed by atoms with Crippen LogP contribution in [0.25, 0.3) is 0 Å². The topological polar surface area (TPSA) is 82.3 Å². The van der Waals surface area contributed by atoms with E-state index in [1.807, 2.05) is 6.07 Å². The molecule has 0 saturated carbocycles. The number of rotatable bonds is 6. The maximum absolute atomic E-state index is 11.1. The summed E-state index contributed by atoms with van der Waals surface area (Å²) < 4.78 is 4.85. The molecule has 1 rings (SSSR count). The molecule has 0 aliphatic heterocycles. The van der Waals surface area contributed by atoms with Crippen LogP contribution in [0.15, 0.2) is 18.2 Å². The van der Waals surface area contributed by atoms with Crippen molar-refractivity contribution in [2.24, 2.45) is 0 Å². The fourth-order valence-corrected chi connectivity index (χ4v) is 1.66. The van der Waals surface area contributed by atoms with E-state index in [-0.39, 0.29) is 5.56 Å². The van der Waals surface area contributed by atoms with Crippen molar-refractivity contribution in [2.75, 3.05) is 19.0 Å². The fourth-order valence-electron chi connectivity index (χ4n) is 1.44. The smallest absolute Gasteiger partial charge is 0.326 e. The number of halogens is 1. The lowest BCUT2D eigenvalue weighted by Gasteiger charge is -2.16. The van der Waals surface area contributed by atoms with Gasteiger partial charge in [0.1, 0.15) is 12.1 Å². The summed E-state index contributed by atoms with van der Waals surface area (Å²) in [4.78, 5) is 11.1. The molecule has 18 heavy (non-hydrogen) atoms. The van der Waals surface area contributed by atoms with E-state index in [0.29, 0.717) is 23.7 Å². The Labute approximate surface area is 110 Å². The zero-order valence-electron chi connectivity index (χ0n) is 9.81. The quantitative estimate of drug-likeness (QED) is 0.826. The number of benzene rings is 1. The molecule has 0 heterocycles. The summed E-state index contributed by atoms with van der Waals surface area (Å²) in [7, 11) is 1.50. The highest BCUT2D eigenvalue weighted by Gasteiger charge is 2.18. The summed E-state index contributed by atoms with van der Waals surface area (Å²) in [6.07, 6.45) is 0.295. The molecule has 1 atom stereocenters. The van der Waals surface area contributed by atoms with Crippen LogP contribution in [-0.4, -0.2) is 30.8 Å². The molecule has 96 valence electrons. The van der Waals surface area contributed by atoms with Crippen LogP contribution in [0, 0.1) is 11.3 Å². The van der Waals surface area contributed by atoms with Gasteiger partial charge in [0.15, 0.2) is 0 Å². The number of nitrogens with zero attached hydrogens (tertiary/aromatic N) is 1. The Morgan fingerprint density at radius 2 is 2.39 bits per heavy atom. The summed E-state index contributed by atoms with van der Waals surface area (Å²) in [5.74, 6) is -1.00. The molecule has 0 saturated heterocycles. The first-order valence-electron chi connectivity index (χ1n) is 5.27. The summed E-state index contributed by atoms with van der Waals surface area (Å²) in [6.45, 7) is 0.312. The minimum absolute atomic E-state index is 0.239. The molecule has 0 fully saturated rings. The van der Waals surface area contributed by atoms with Crippen LogP contribution in [0.3, 0.4) is 0 Å². The van der Waals surface area contributed by atoms with Crippen molar-refractivity contribution >= 4 is 23.3 Å². The zero-order chi connectivity index (χ0) is 13.5. The molecule has 6 heteroatoms. The molecule has 0 amide bonds. The molecule has 1 aromatic carbocycles. The van der Waals surface area contributed by atoms with Gasteiger partial charge in [-0.05, 0) is 12.1 Å². The minimum atomic E-state index is -1.00. The second-order valence-corrected chi connectivity index (χ2v) is 4.00. The van der Waals surface area contributed by atoms with Crippen molar-refractivity contribution in [3.05, 3.63) is 28.8 Å². The monoisotopic (exact) mass is 268 g/mol. The van der Waals surface area contributed by atoms with Crippen LogP contribution in [0.4, 0.5) is 5.69 Å². The molecular formula is C12H13ClN2O3. The third-order valence-corrected chi connectivity index (χ3v) is 2.68. The van der Waals surface area contributed by atoms with Gasteiger partial charge < -0.3 is 15.2 Å². The SMILES string of the molecule is COCCC(Nc1cccc(Cl)c1C#N)C(=O)O. The van der Waals surface area contributed by atoms with Crippen molar-refractivity contribution in [3.63, 3.8) is 0 Å². The molecule has 0 spiro atoms. The van der Waals surface area contributed by atoms with Gasteiger partial charge in [0.25, 0.3) is 0 Å². The number of carboxylic acid groups (broad SMARTS) is 1. The third-order valence-electron chi connectivity index (χ3n) is 2.36. The summed E-state index contributed by atoms with van der Waals surface area (Å²) in [6, 6.07) is 5.97. The largest absolute Gasteiger partial charge is 0.480 e. The van der Waals surface area contributed by atoms with Gasteiger partial charge in [-0.1, -0.05) is 17.7 Å². The highest BCUT2D eigenvalue weighted by atomic mass is 35.5. The van der Waals surface area contributed by atoms with Crippen molar-refractivity contribution in [3.8, 4) is 6.07 Å². The number of nitrogens with one attached hydrogen (secondary N) is 1. The lowest BCUT2D eigenvalue weighted by molar-refractivity contribution is -0.138. The van der Waals surface area contributed by atoms with Gasteiger partial charge in [-0.2, -0.15) is 5.26 Å². The first kappa shape index (κ1) is 14.3. The Morgan fingerprint density at radius 1 is 1.67 bits per heavy atom. The third kappa shape index (κ3) is 3.62. The number of carboxylic acids is 1. The Kier molecular flexibility index (Phi) is 5.43. The molecule has 0 aliphatic rings. The number of hydrogen-bond acceptors (Lipinski definition) is 4. The van der Waals surface area contributed by atoms with Gasteiger partial charge in [-0.15, -0.1) is 0 Å². The lowest BCUT2D eigenvalue weighted by Crippen LogP contribution is -2.30. The standard InChI is InChI=1S/C12H13ClN2O3/c1-18-6-5-11(12(16)17)15-10-4-2-3-9(13)8(10)7-14/h2-4,11,15H,5-6H2,1H3,(H,16,17). The van der Waals surface area contributed by atoms with E-state index in [4.69, 9.17) is 26.7 Å². The average Bonchev–Trinajstić information content (AvgIpc) is 2.34. The molecule has 0 radical (unpaired) electrons. The Balaban J connectivity index is 2.91. The van der Waals surface area contributed by atoms with Gasteiger partial charge in [-0.3, -0.25) is 0 Å². The number of hydrogen-bond donors (Lipinski definition) is 2. The fraction of sp³-hybridized carbons (Fsp3) is 0.333. The maximum Gasteiger partial charge on any atom is 0.326 e. The molecule has 5 nitrogen and oxygen atoms in total. The van der Waals surface area contributed by atoms with Crippen molar-refractivity contribution < 1.29 is 14.6 Å². The van der Waals surface area contributed by atoms with Crippen LogP contribution in [0.2, 0.25) is 5.02 Å². The second kappa shape index (κ2) is 6.84. The van der Waals surface area contributed by atoms with E-state index in [1.54, 1.807) is 18.2 Å². The van der Waals surface area contributed by atoms with Crippen molar-refractivity contribution in [1.82, 2.24) is 0 Å². The van der Waals surface area contributed by atoms with Gasteiger partial charge in [-0.25, -0.2) is 4.79 Å². The number of anilines is 1. The Bertz CT molecular complexity index is 471. The van der Waals surface area contributed by atoms with Gasteiger partial charge in [0.05, 0.1) is 16.3 Å². The summed E-state index contributed by atoms with van der Waals surface area (Å²) in [5.41, 5.74) is 0.649. The van der Waals surface area contributed by atoms with E-state index in [1.165, 1.54) is 7.11 Å². The Hall–Kier alpha value is -1.77. The van der Waals surface area contributed by atoms with Crippen molar-refractivity contribution in [2.45, 2.75) is 12.5 Å². The maximum atomic E-state index is 11.1. The first-order chi connectivity index (χ1) is 8.60. The molecular weight excluding hydrogens is 256 g/mol. The predicted octanol–water partition coefficient (Wildman–Crippen LogP) is 2.11.